The quantitative estimate of drug-likeness (QED) is 0.602. The molecule has 9 nitrogen and oxygen atoms in total. The maximum atomic E-state index is 13.3. The Balaban J connectivity index is 0.000000550. The monoisotopic (exact) mass is 499 g/mol. The summed E-state index contributed by atoms with van der Waals surface area (Å²) in [5.74, 6) is 1.08. The van der Waals surface area contributed by atoms with Crippen LogP contribution >= 0.6 is 0 Å². The third-order valence-corrected chi connectivity index (χ3v) is 7.03. The second-order valence-electron chi connectivity index (χ2n) is 9.45. The van der Waals surface area contributed by atoms with E-state index >= 15 is 0 Å². The molecule has 0 unspecified atom stereocenters. The van der Waals surface area contributed by atoms with Gasteiger partial charge in [0.25, 0.3) is 18.5 Å². The van der Waals surface area contributed by atoms with Crippen molar-refractivity contribution in [1.82, 2.24) is 14.4 Å². The molecule has 5 rings (SSSR count). The Kier molecular flexibility index (Phi) is 11.1. The van der Waals surface area contributed by atoms with Gasteiger partial charge in [-0.15, -0.1) is 0 Å². The molecule has 2 fully saturated rings. The molecular formula is C27H37N3O6. The third kappa shape index (κ3) is 7.74. The average molecular weight is 500 g/mol. The zero-order valence-corrected chi connectivity index (χ0v) is 20.7. The minimum absolute atomic E-state index is 0.241. The van der Waals surface area contributed by atoms with E-state index in [1.54, 1.807) is 0 Å². The third-order valence-electron chi connectivity index (χ3n) is 7.03. The van der Waals surface area contributed by atoms with Crippen LogP contribution < -0.4 is 5.56 Å². The fraction of sp³-hybridized carbons (Fsp3) is 0.519. The van der Waals surface area contributed by atoms with E-state index in [0.29, 0.717) is 11.8 Å². The van der Waals surface area contributed by atoms with Crippen molar-refractivity contribution in [2.45, 2.75) is 38.3 Å². The number of carbonyl (C=O) groups is 2. The van der Waals surface area contributed by atoms with Crippen LogP contribution in [0.25, 0.3) is 0 Å². The molecule has 9 heteroatoms. The minimum Gasteiger partial charge on any atom is -0.483 e. The smallest absolute Gasteiger partial charge is 0.290 e. The lowest BCUT2D eigenvalue weighted by molar-refractivity contribution is -0.123. The molecule has 0 aliphatic carbocycles. The number of carboxylic acid groups (broad SMARTS) is 2. The van der Waals surface area contributed by atoms with E-state index in [1.165, 1.54) is 17.7 Å². The van der Waals surface area contributed by atoms with E-state index in [1.807, 2.05) is 0 Å². The number of piperidine rings is 1. The van der Waals surface area contributed by atoms with Gasteiger partial charge in [-0.2, -0.15) is 0 Å². The van der Waals surface area contributed by atoms with Gasteiger partial charge in [-0.3, -0.25) is 19.3 Å². The normalized spacial score (nSPS) is 21.4. The summed E-state index contributed by atoms with van der Waals surface area (Å²) in [4.78, 5) is 35.0. The number of likely N-dealkylation sites (tertiary alicyclic amines) is 1. The summed E-state index contributed by atoms with van der Waals surface area (Å²) in [7, 11) is 0. The molecule has 1 aromatic carbocycles. The van der Waals surface area contributed by atoms with Crippen molar-refractivity contribution in [2.24, 2.45) is 5.92 Å². The van der Waals surface area contributed by atoms with Crippen molar-refractivity contribution in [3.05, 3.63) is 69.6 Å². The van der Waals surface area contributed by atoms with Crippen LogP contribution in [0.1, 0.15) is 35.6 Å². The fourth-order valence-corrected chi connectivity index (χ4v) is 5.52. The van der Waals surface area contributed by atoms with Crippen LogP contribution in [0.4, 0.5) is 0 Å². The number of benzene rings is 1. The minimum atomic E-state index is -0.250. The van der Waals surface area contributed by atoms with Crippen molar-refractivity contribution < 1.29 is 24.5 Å². The van der Waals surface area contributed by atoms with Crippen molar-refractivity contribution in [2.75, 3.05) is 45.9 Å². The van der Waals surface area contributed by atoms with Gasteiger partial charge in [0.1, 0.15) is 0 Å². The Morgan fingerprint density at radius 2 is 1.67 bits per heavy atom. The summed E-state index contributed by atoms with van der Waals surface area (Å²) in [6, 6.07) is 15.1. The molecule has 0 radical (unpaired) electrons. The topological polar surface area (TPSA) is 112 Å². The highest BCUT2D eigenvalue weighted by Gasteiger charge is 2.34. The Morgan fingerprint density at radius 1 is 0.917 bits per heavy atom. The summed E-state index contributed by atoms with van der Waals surface area (Å²) in [6.07, 6.45) is 3.38. The number of hydrogen-bond donors (Lipinski definition) is 2. The fourth-order valence-electron chi connectivity index (χ4n) is 5.52. The molecule has 0 saturated carbocycles. The average Bonchev–Trinajstić information content (AvgIpc) is 3.15. The molecule has 2 bridgehead atoms. The van der Waals surface area contributed by atoms with Gasteiger partial charge in [-0.1, -0.05) is 36.4 Å². The van der Waals surface area contributed by atoms with Gasteiger partial charge >= 0.3 is 0 Å². The van der Waals surface area contributed by atoms with E-state index < -0.39 is 0 Å². The van der Waals surface area contributed by atoms with Crippen LogP contribution in [-0.4, -0.2) is 83.5 Å². The molecular weight excluding hydrogens is 462 g/mol. The zero-order valence-electron chi connectivity index (χ0n) is 20.7. The summed E-state index contributed by atoms with van der Waals surface area (Å²) >= 11 is 0. The highest BCUT2D eigenvalue weighted by molar-refractivity contribution is 5.33. The van der Waals surface area contributed by atoms with Gasteiger partial charge in [0.2, 0.25) is 0 Å². The van der Waals surface area contributed by atoms with Crippen LogP contribution in [0.5, 0.6) is 0 Å². The molecule has 2 saturated heterocycles. The molecule has 4 heterocycles. The van der Waals surface area contributed by atoms with Crippen molar-refractivity contribution in [3.63, 3.8) is 0 Å². The number of aromatic nitrogens is 1. The van der Waals surface area contributed by atoms with Gasteiger partial charge in [-0.25, -0.2) is 0 Å². The molecule has 0 amide bonds. The number of nitrogens with zero attached hydrogens (tertiary/aromatic N) is 3. The van der Waals surface area contributed by atoms with Crippen molar-refractivity contribution >= 4 is 12.9 Å². The Hall–Kier alpha value is -3.01. The van der Waals surface area contributed by atoms with Crippen molar-refractivity contribution in [1.29, 1.82) is 0 Å². The standard InChI is InChI=1S/C25H33N3O2.2CH2O2/c29-25-22(18-26-10-4-13-30-14-12-26)7-8-24-23-15-21(17-28(24)25)16-27(19-23)11-9-20-5-2-1-3-6-20;2*2-1-3/h1-3,5-8,21,23H,4,9-19H2;2*1H,(H,2,3)/t21-,23+;;/m0../s1. The highest BCUT2D eigenvalue weighted by Crippen LogP contribution is 2.35. The highest BCUT2D eigenvalue weighted by atomic mass is 16.5. The largest absolute Gasteiger partial charge is 0.483 e. The first-order valence-corrected chi connectivity index (χ1v) is 12.5. The molecule has 2 N–H and O–H groups in total. The Morgan fingerprint density at radius 3 is 2.42 bits per heavy atom. The van der Waals surface area contributed by atoms with E-state index in [0.717, 1.165) is 77.4 Å². The summed E-state index contributed by atoms with van der Waals surface area (Å²) in [5, 5.41) is 13.8. The summed E-state index contributed by atoms with van der Waals surface area (Å²) in [5.41, 5.74) is 3.85. The van der Waals surface area contributed by atoms with Gasteiger partial charge in [-0.05, 0) is 36.8 Å². The first-order chi connectivity index (χ1) is 17.6. The van der Waals surface area contributed by atoms with Crippen molar-refractivity contribution in [3.8, 4) is 0 Å². The predicted octanol–water partition coefficient (Wildman–Crippen LogP) is 2.13. The number of rotatable bonds is 5. The predicted molar refractivity (Wildman–Crippen MR) is 136 cm³/mol. The first-order valence-electron chi connectivity index (χ1n) is 12.5. The molecule has 1 aromatic heterocycles. The van der Waals surface area contributed by atoms with Crippen LogP contribution in [0.15, 0.2) is 47.3 Å². The molecule has 2 aromatic rings. The Labute approximate surface area is 211 Å². The van der Waals surface area contributed by atoms with Crippen LogP contribution in [-0.2, 0) is 33.8 Å². The van der Waals surface area contributed by atoms with E-state index in [2.05, 4.69) is 56.8 Å². The lowest BCUT2D eigenvalue weighted by Crippen LogP contribution is -2.48. The molecule has 3 aliphatic heterocycles. The van der Waals surface area contributed by atoms with E-state index in [9.17, 15) is 4.79 Å². The lowest BCUT2D eigenvalue weighted by atomic mass is 9.83. The lowest BCUT2D eigenvalue weighted by Gasteiger charge is -2.43. The van der Waals surface area contributed by atoms with Gasteiger partial charge in [0.05, 0.1) is 6.61 Å². The summed E-state index contributed by atoms with van der Waals surface area (Å²) < 4.78 is 7.67. The SMILES string of the molecule is O=CO.O=CO.O=c1c(CN2CCCOCC2)ccc2n1C[C@H]1C[C@@H]2CN(CCc2ccccc2)C1. The zero-order chi connectivity index (χ0) is 25.8. The molecule has 36 heavy (non-hydrogen) atoms. The Bertz CT molecular complexity index is 998. The molecule has 196 valence electrons. The first kappa shape index (κ1) is 27.6. The second-order valence-corrected chi connectivity index (χ2v) is 9.45. The van der Waals surface area contributed by atoms with Crippen LogP contribution in [0, 0.1) is 5.92 Å². The summed E-state index contributed by atoms with van der Waals surface area (Å²) in [6.45, 7) is 7.97. The van der Waals surface area contributed by atoms with Gasteiger partial charge < -0.3 is 24.4 Å². The van der Waals surface area contributed by atoms with E-state index in [-0.39, 0.29) is 18.5 Å². The van der Waals surface area contributed by atoms with Crippen LogP contribution in [0.3, 0.4) is 0 Å². The molecule has 0 spiro atoms. The molecule has 2 atom stereocenters. The number of fused-ring (bicyclic) bond motifs is 4. The maximum absolute atomic E-state index is 13.3. The number of hydrogen-bond acceptors (Lipinski definition) is 6. The number of ether oxygens (including phenoxy) is 1. The second kappa shape index (κ2) is 14.5. The van der Waals surface area contributed by atoms with Gasteiger partial charge in [0.15, 0.2) is 0 Å². The van der Waals surface area contributed by atoms with Gasteiger partial charge in [0, 0.05) is 69.6 Å². The van der Waals surface area contributed by atoms with E-state index in [4.69, 9.17) is 24.5 Å². The number of pyridine rings is 1. The maximum Gasteiger partial charge on any atom is 0.290 e. The molecule has 3 aliphatic rings. The van der Waals surface area contributed by atoms with Crippen LogP contribution in [0.2, 0.25) is 0 Å².